The van der Waals surface area contributed by atoms with E-state index >= 15 is 0 Å². The van der Waals surface area contributed by atoms with E-state index in [1.54, 1.807) is 19.1 Å². The summed E-state index contributed by atoms with van der Waals surface area (Å²) in [6.07, 6.45) is 0. The lowest BCUT2D eigenvalue weighted by molar-refractivity contribution is 0.342. The van der Waals surface area contributed by atoms with Crippen LogP contribution < -0.4 is 10.5 Å². The molecule has 1 aromatic heterocycles. The minimum Gasteiger partial charge on any atom is -0.492 e. The Hall–Kier alpha value is -2.40. The third kappa shape index (κ3) is 3.19. The van der Waals surface area contributed by atoms with Gasteiger partial charge in [0.2, 0.25) is 0 Å². The molecule has 2 N–H and O–H groups in total. The Bertz CT molecular complexity index is 845. The van der Waals surface area contributed by atoms with Gasteiger partial charge in [0, 0.05) is 16.5 Å². The van der Waals surface area contributed by atoms with E-state index in [1.165, 1.54) is 17.4 Å². The highest BCUT2D eigenvalue weighted by Gasteiger charge is 2.10. The van der Waals surface area contributed by atoms with Crippen LogP contribution in [-0.4, -0.2) is 11.6 Å². The zero-order valence-corrected chi connectivity index (χ0v) is 13.8. The van der Waals surface area contributed by atoms with Crippen molar-refractivity contribution in [3.05, 3.63) is 53.2 Å². The fourth-order valence-electron chi connectivity index (χ4n) is 2.31. The van der Waals surface area contributed by atoms with E-state index in [9.17, 15) is 4.39 Å². The van der Waals surface area contributed by atoms with Crippen molar-refractivity contribution in [1.29, 1.82) is 0 Å². The van der Waals surface area contributed by atoms with Gasteiger partial charge in [-0.2, -0.15) is 0 Å². The summed E-state index contributed by atoms with van der Waals surface area (Å²) in [4.78, 5) is 4.64. The van der Waals surface area contributed by atoms with Crippen molar-refractivity contribution < 1.29 is 9.13 Å². The Labute approximate surface area is 138 Å². The first kappa shape index (κ1) is 15.5. The van der Waals surface area contributed by atoms with Crippen LogP contribution in [0.25, 0.3) is 21.8 Å². The maximum atomic E-state index is 13.4. The summed E-state index contributed by atoms with van der Waals surface area (Å²) in [6, 6.07) is 10.7. The molecule has 0 bridgehead atoms. The van der Waals surface area contributed by atoms with Gasteiger partial charge in [0.15, 0.2) is 0 Å². The highest BCUT2D eigenvalue weighted by molar-refractivity contribution is 7.13. The van der Waals surface area contributed by atoms with Crippen molar-refractivity contribution in [3.63, 3.8) is 0 Å². The second kappa shape index (κ2) is 6.38. The molecule has 0 spiro atoms. The molecule has 0 atom stereocenters. The molecule has 0 saturated carbocycles. The average Bonchev–Trinajstić information content (AvgIpc) is 3.02. The first-order valence-electron chi connectivity index (χ1n) is 7.33. The topological polar surface area (TPSA) is 48.1 Å². The molecule has 118 valence electrons. The number of nitrogens with two attached hydrogens (primary N) is 1. The molecule has 0 amide bonds. The van der Waals surface area contributed by atoms with Crippen LogP contribution in [0.15, 0.2) is 41.8 Å². The lowest BCUT2D eigenvalue weighted by atomic mass is 10.1. The molecule has 3 nitrogen and oxygen atoms in total. The van der Waals surface area contributed by atoms with Crippen molar-refractivity contribution >= 4 is 17.0 Å². The van der Waals surface area contributed by atoms with Crippen LogP contribution in [0.1, 0.15) is 12.5 Å². The molecule has 0 aliphatic carbocycles. The van der Waals surface area contributed by atoms with E-state index in [0.717, 1.165) is 21.8 Å². The largest absolute Gasteiger partial charge is 0.492 e. The first-order valence-corrected chi connectivity index (χ1v) is 8.21. The van der Waals surface area contributed by atoms with Crippen molar-refractivity contribution in [1.82, 2.24) is 4.98 Å². The maximum absolute atomic E-state index is 13.4. The number of aryl methyl sites for hydroxylation is 1. The molecule has 0 fully saturated rings. The highest BCUT2D eigenvalue weighted by atomic mass is 32.1. The number of ether oxygens (including phenoxy) is 1. The van der Waals surface area contributed by atoms with Crippen molar-refractivity contribution in [3.8, 4) is 27.6 Å². The SMILES string of the molecule is CCOc1ccc(-c2nc(-c3ccc(F)c(C)c3)cs2)cc1N. The normalized spacial score (nSPS) is 10.7. The Morgan fingerprint density at radius 1 is 1.17 bits per heavy atom. The summed E-state index contributed by atoms with van der Waals surface area (Å²) in [5, 5.41) is 2.84. The number of anilines is 1. The molecule has 0 unspecified atom stereocenters. The van der Waals surface area contributed by atoms with Gasteiger partial charge in [0.25, 0.3) is 0 Å². The number of benzene rings is 2. The number of thiazole rings is 1. The van der Waals surface area contributed by atoms with E-state index in [0.29, 0.717) is 23.6 Å². The third-order valence-corrected chi connectivity index (χ3v) is 4.41. The number of nitrogens with zero attached hydrogens (tertiary/aromatic N) is 1. The molecule has 3 aromatic rings. The molecule has 0 aliphatic heterocycles. The predicted octanol–water partition coefficient (Wildman–Crippen LogP) is 4.91. The van der Waals surface area contributed by atoms with Gasteiger partial charge in [-0.3, -0.25) is 0 Å². The summed E-state index contributed by atoms with van der Waals surface area (Å²) in [7, 11) is 0. The summed E-state index contributed by atoms with van der Waals surface area (Å²) in [6.45, 7) is 4.25. The van der Waals surface area contributed by atoms with Gasteiger partial charge in [0.05, 0.1) is 18.0 Å². The van der Waals surface area contributed by atoms with Crippen LogP contribution in [-0.2, 0) is 0 Å². The summed E-state index contributed by atoms with van der Waals surface area (Å²) < 4.78 is 18.8. The van der Waals surface area contributed by atoms with Crippen LogP contribution in [0, 0.1) is 12.7 Å². The molecule has 23 heavy (non-hydrogen) atoms. The number of halogens is 1. The number of hydrogen-bond donors (Lipinski definition) is 1. The number of aromatic nitrogens is 1. The highest BCUT2D eigenvalue weighted by Crippen LogP contribution is 2.33. The van der Waals surface area contributed by atoms with E-state index < -0.39 is 0 Å². The van der Waals surface area contributed by atoms with E-state index in [1.807, 2.05) is 30.5 Å². The Morgan fingerprint density at radius 3 is 2.65 bits per heavy atom. The second-order valence-corrected chi connectivity index (χ2v) is 6.05. The Kier molecular flexibility index (Phi) is 4.30. The minimum atomic E-state index is -0.205. The molecular weight excluding hydrogens is 311 g/mol. The molecule has 1 heterocycles. The summed E-state index contributed by atoms with van der Waals surface area (Å²) in [5.41, 5.74) is 9.91. The van der Waals surface area contributed by atoms with Gasteiger partial charge >= 0.3 is 0 Å². The zero-order valence-electron chi connectivity index (χ0n) is 13.0. The monoisotopic (exact) mass is 328 g/mol. The van der Waals surface area contributed by atoms with Crippen molar-refractivity contribution in [2.45, 2.75) is 13.8 Å². The van der Waals surface area contributed by atoms with Gasteiger partial charge in [-0.05, 0) is 55.8 Å². The predicted molar refractivity (Wildman–Crippen MR) is 93.3 cm³/mol. The fraction of sp³-hybridized carbons (Fsp3) is 0.167. The lowest BCUT2D eigenvalue weighted by Gasteiger charge is -2.07. The first-order chi connectivity index (χ1) is 11.1. The summed E-state index contributed by atoms with van der Waals surface area (Å²) >= 11 is 1.53. The second-order valence-electron chi connectivity index (χ2n) is 5.19. The lowest BCUT2D eigenvalue weighted by Crippen LogP contribution is -1.96. The van der Waals surface area contributed by atoms with Crippen LogP contribution in [0.3, 0.4) is 0 Å². The summed E-state index contributed by atoms with van der Waals surface area (Å²) in [5.74, 6) is 0.477. The van der Waals surface area contributed by atoms with Gasteiger partial charge in [-0.25, -0.2) is 9.37 Å². The van der Waals surface area contributed by atoms with Gasteiger partial charge in [0.1, 0.15) is 16.6 Å². The fourth-order valence-corrected chi connectivity index (χ4v) is 3.14. The number of nitrogen functional groups attached to an aromatic ring is 1. The van der Waals surface area contributed by atoms with Crippen molar-refractivity contribution in [2.75, 3.05) is 12.3 Å². The van der Waals surface area contributed by atoms with E-state index in [-0.39, 0.29) is 5.82 Å². The van der Waals surface area contributed by atoms with Crippen LogP contribution in [0.2, 0.25) is 0 Å². The molecule has 0 saturated heterocycles. The quantitative estimate of drug-likeness (QED) is 0.693. The minimum absolute atomic E-state index is 0.205. The van der Waals surface area contributed by atoms with Crippen LogP contribution >= 0.6 is 11.3 Å². The molecule has 0 aliphatic rings. The number of rotatable bonds is 4. The Morgan fingerprint density at radius 2 is 1.96 bits per heavy atom. The standard InChI is InChI=1S/C18H17FN2OS/c1-3-22-17-7-5-13(9-15(17)20)18-21-16(10-23-18)12-4-6-14(19)11(2)8-12/h4-10H,3,20H2,1-2H3. The Balaban J connectivity index is 1.92. The molecular formula is C18H17FN2OS. The number of hydrogen-bond acceptors (Lipinski definition) is 4. The zero-order chi connectivity index (χ0) is 16.4. The van der Waals surface area contributed by atoms with E-state index in [2.05, 4.69) is 4.98 Å². The maximum Gasteiger partial charge on any atom is 0.142 e. The molecule has 5 heteroatoms. The van der Waals surface area contributed by atoms with Gasteiger partial charge < -0.3 is 10.5 Å². The van der Waals surface area contributed by atoms with Gasteiger partial charge in [-0.15, -0.1) is 11.3 Å². The van der Waals surface area contributed by atoms with E-state index in [4.69, 9.17) is 10.5 Å². The van der Waals surface area contributed by atoms with Crippen LogP contribution in [0.5, 0.6) is 5.75 Å². The van der Waals surface area contributed by atoms with Gasteiger partial charge in [-0.1, -0.05) is 0 Å². The molecule has 2 aromatic carbocycles. The average molecular weight is 328 g/mol. The van der Waals surface area contributed by atoms with Crippen LogP contribution in [0.4, 0.5) is 10.1 Å². The third-order valence-electron chi connectivity index (χ3n) is 3.51. The molecule has 0 radical (unpaired) electrons. The smallest absolute Gasteiger partial charge is 0.142 e. The van der Waals surface area contributed by atoms with Crippen molar-refractivity contribution in [2.24, 2.45) is 0 Å². The molecule has 3 rings (SSSR count).